The van der Waals surface area contributed by atoms with Crippen LogP contribution in [0.3, 0.4) is 0 Å². The van der Waals surface area contributed by atoms with Crippen LogP contribution in [0.25, 0.3) is 0 Å². The number of aromatic nitrogens is 1. The lowest BCUT2D eigenvalue weighted by Gasteiger charge is -1.92. The van der Waals surface area contributed by atoms with Crippen molar-refractivity contribution in [3.05, 3.63) is 21.3 Å². The zero-order chi connectivity index (χ0) is 6.15. The van der Waals surface area contributed by atoms with Crippen LogP contribution in [-0.2, 0) is 7.05 Å². The molecule has 0 aliphatic rings. The molecule has 3 heteroatoms. The molecule has 0 bridgehead atoms. The number of nitrogens with zero attached hydrogens (tertiary/aromatic N) is 1. The van der Waals surface area contributed by atoms with Gasteiger partial charge in [-0.2, -0.15) is 0 Å². The van der Waals surface area contributed by atoms with Crippen LogP contribution >= 0.6 is 31.9 Å². The highest BCUT2D eigenvalue weighted by Crippen LogP contribution is 2.17. The first-order valence-electron chi connectivity index (χ1n) is 2.18. The highest BCUT2D eigenvalue weighted by atomic mass is 79.9. The Morgan fingerprint density at radius 3 is 1.75 bits per heavy atom. The normalized spacial score (nSPS) is 9.88. The number of rotatable bonds is 0. The summed E-state index contributed by atoms with van der Waals surface area (Å²) >= 11 is 6.70. The molecule has 0 saturated carbocycles. The van der Waals surface area contributed by atoms with E-state index >= 15 is 0 Å². The van der Waals surface area contributed by atoms with Gasteiger partial charge in [0.05, 0.1) is 9.21 Å². The fourth-order valence-electron chi connectivity index (χ4n) is 0.463. The van der Waals surface area contributed by atoms with E-state index in [0.29, 0.717) is 0 Å². The van der Waals surface area contributed by atoms with Crippen LogP contribution in [0.15, 0.2) is 21.3 Å². The Morgan fingerprint density at radius 1 is 1.25 bits per heavy atom. The second kappa shape index (κ2) is 2.23. The molecular formula is C5H5Br2N. The third-order valence-electron chi connectivity index (χ3n) is 0.999. The standard InChI is InChI=1S/C5H5Br2N/c1-8-4(6)2-3-5(8)7/h2-3H,1H3. The summed E-state index contributed by atoms with van der Waals surface area (Å²) in [5, 5.41) is 0. The molecule has 1 nitrogen and oxygen atoms in total. The topological polar surface area (TPSA) is 4.93 Å². The number of hydrogen-bond donors (Lipinski definition) is 0. The van der Waals surface area contributed by atoms with Gasteiger partial charge in [0.2, 0.25) is 0 Å². The van der Waals surface area contributed by atoms with Crippen molar-refractivity contribution in [1.82, 2.24) is 4.57 Å². The molecule has 0 radical (unpaired) electrons. The maximum atomic E-state index is 3.35. The molecule has 0 unspecified atom stereocenters. The minimum Gasteiger partial charge on any atom is -0.333 e. The lowest BCUT2D eigenvalue weighted by atomic mass is 10.7. The molecule has 0 atom stereocenters. The van der Waals surface area contributed by atoms with E-state index in [0.717, 1.165) is 9.21 Å². The molecule has 0 aliphatic carbocycles. The van der Waals surface area contributed by atoms with E-state index in [2.05, 4.69) is 31.9 Å². The summed E-state index contributed by atoms with van der Waals surface area (Å²) < 4.78 is 4.17. The average molecular weight is 239 g/mol. The second-order valence-corrected chi connectivity index (χ2v) is 3.16. The van der Waals surface area contributed by atoms with Crippen molar-refractivity contribution in [3.63, 3.8) is 0 Å². The minimum atomic E-state index is 1.09. The first-order valence-corrected chi connectivity index (χ1v) is 3.77. The molecule has 0 amide bonds. The van der Waals surface area contributed by atoms with Gasteiger partial charge < -0.3 is 4.57 Å². The van der Waals surface area contributed by atoms with Crippen molar-refractivity contribution in [3.8, 4) is 0 Å². The summed E-state index contributed by atoms with van der Waals surface area (Å²) in [6.07, 6.45) is 0. The third-order valence-corrected chi connectivity index (χ3v) is 2.59. The van der Waals surface area contributed by atoms with E-state index in [9.17, 15) is 0 Å². The van der Waals surface area contributed by atoms with Gasteiger partial charge in [-0.05, 0) is 44.0 Å². The van der Waals surface area contributed by atoms with Crippen molar-refractivity contribution >= 4 is 31.9 Å². The predicted molar refractivity (Wildman–Crippen MR) is 40.8 cm³/mol. The van der Waals surface area contributed by atoms with Gasteiger partial charge in [0.25, 0.3) is 0 Å². The van der Waals surface area contributed by atoms with Crippen molar-refractivity contribution < 1.29 is 0 Å². The molecule has 0 N–H and O–H groups in total. The van der Waals surface area contributed by atoms with E-state index in [1.807, 2.05) is 23.7 Å². The molecule has 0 fully saturated rings. The molecule has 0 aliphatic heterocycles. The highest BCUT2D eigenvalue weighted by molar-refractivity contribution is 9.11. The van der Waals surface area contributed by atoms with Crippen molar-refractivity contribution in [2.24, 2.45) is 7.05 Å². The third kappa shape index (κ3) is 0.977. The van der Waals surface area contributed by atoms with Crippen LogP contribution < -0.4 is 0 Å². The molecule has 1 heterocycles. The van der Waals surface area contributed by atoms with Gasteiger partial charge in [-0.3, -0.25) is 0 Å². The van der Waals surface area contributed by atoms with Crippen molar-refractivity contribution in [2.75, 3.05) is 0 Å². The van der Waals surface area contributed by atoms with Gasteiger partial charge in [0.15, 0.2) is 0 Å². The maximum Gasteiger partial charge on any atom is 0.0852 e. The highest BCUT2D eigenvalue weighted by Gasteiger charge is 1.94. The SMILES string of the molecule is Cn1c(Br)ccc1Br. The van der Waals surface area contributed by atoms with Crippen LogP contribution in [0.5, 0.6) is 0 Å². The van der Waals surface area contributed by atoms with E-state index in [1.54, 1.807) is 0 Å². The Bertz CT molecular complexity index is 173. The van der Waals surface area contributed by atoms with Crippen molar-refractivity contribution in [1.29, 1.82) is 0 Å². The summed E-state index contributed by atoms with van der Waals surface area (Å²) in [5.74, 6) is 0. The largest absolute Gasteiger partial charge is 0.333 e. The molecule has 44 valence electrons. The summed E-state index contributed by atoms with van der Waals surface area (Å²) in [4.78, 5) is 0. The maximum absolute atomic E-state index is 3.35. The van der Waals surface area contributed by atoms with Gasteiger partial charge in [-0.15, -0.1) is 0 Å². The van der Waals surface area contributed by atoms with Gasteiger partial charge in [0, 0.05) is 7.05 Å². The van der Waals surface area contributed by atoms with E-state index in [1.165, 1.54) is 0 Å². The number of hydrogen-bond acceptors (Lipinski definition) is 0. The monoisotopic (exact) mass is 237 g/mol. The summed E-state index contributed by atoms with van der Waals surface area (Å²) in [5.41, 5.74) is 0. The minimum absolute atomic E-state index is 1.09. The lowest BCUT2D eigenvalue weighted by molar-refractivity contribution is 0.877. The molecule has 8 heavy (non-hydrogen) atoms. The number of halogens is 2. The van der Waals surface area contributed by atoms with Gasteiger partial charge >= 0.3 is 0 Å². The fraction of sp³-hybridized carbons (Fsp3) is 0.200. The van der Waals surface area contributed by atoms with Gasteiger partial charge in [-0.25, -0.2) is 0 Å². The predicted octanol–water partition coefficient (Wildman–Crippen LogP) is 2.55. The zero-order valence-corrected chi connectivity index (χ0v) is 7.53. The summed E-state index contributed by atoms with van der Waals surface area (Å²) in [7, 11) is 1.98. The lowest BCUT2D eigenvalue weighted by Crippen LogP contribution is -1.84. The molecule has 0 spiro atoms. The second-order valence-electron chi connectivity index (χ2n) is 1.54. The smallest absolute Gasteiger partial charge is 0.0852 e. The summed E-state index contributed by atoms with van der Waals surface area (Å²) in [6.45, 7) is 0. The van der Waals surface area contributed by atoms with E-state index in [4.69, 9.17) is 0 Å². The van der Waals surface area contributed by atoms with Crippen LogP contribution in [0.4, 0.5) is 0 Å². The fourth-order valence-corrected chi connectivity index (χ4v) is 1.35. The Balaban J connectivity index is 3.19. The van der Waals surface area contributed by atoms with E-state index in [-0.39, 0.29) is 0 Å². The average Bonchev–Trinajstić information content (AvgIpc) is 1.98. The quantitative estimate of drug-likeness (QED) is 0.655. The Hall–Kier alpha value is 0.240. The first kappa shape index (κ1) is 6.36. The molecule has 1 rings (SSSR count). The van der Waals surface area contributed by atoms with Crippen molar-refractivity contribution in [2.45, 2.75) is 0 Å². The summed E-state index contributed by atoms with van der Waals surface area (Å²) in [6, 6.07) is 3.98. The molecular weight excluding hydrogens is 234 g/mol. The molecule has 0 saturated heterocycles. The first-order chi connectivity index (χ1) is 3.72. The van der Waals surface area contributed by atoms with Crippen LogP contribution in [0, 0.1) is 0 Å². The van der Waals surface area contributed by atoms with Gasteiger partial charge in [-0.1, -0.05) is 0 Å². The Morgan fingerprint density at radius 2 is 1.62 bits per heavy atom. The molecule has 1 aromatic heterocycles. The Labute approximate surface area is 65.0 Å². The zero-order valence-electron chi connectivity index (χ0n) is 4.36. The van der Waals surface area contributed by atoms with Crippen LogP contribution in [0.2, 0.25) is 0 Å². The molecule has 0 aromatic carbocycles. The van der Waals surface area contributed by atoms with Crippen LogP contribution in [0.1, 0.15) is 0 Å². The Kier molecular flexibility index (Phi) is 1.77. The molecule has 1 aromatic rings. The van der Waals surface area contributed by atoms with E-state index < -0.39 is 0 Å². The van der Waals surface area contributed by atoms with Gasteiger partial charge in [0.1, 0.15) is 0 Å². The van der Waals surface area contributed by atoms with Crippen LogP contribution in [-0.4, -0.2) is 4.57 Å².